The van der Waals surface area contributed by atoms with Gasteiger partial charge in [-0.05, 0) is 43.5 Å². The molecule has 5 heteroatoms. The number of nitrogens with zero attached hydrogens (tertiary/aromatic N) is 3. The lowest BCUT2D eigenvalue weighted by atomic mass is 9.94. The van der Waals surface area contributed by atoms with Gasteiger partial charge in [-0.3, -0.25) is 14.8 Å². The zero-order chi connectivity index (χ0) is 17.2. The van der Waals surface area contributed by atoms with Gasteiger partial charge in [0, 0.05) is 49.6 Å². The molecule has 130 valence electrons. The highest BCUT2D eigenvalue weighted by Crippen LogP contribution is 2.44. The third-order valence-corrected chi connectivity index (χ3v) is 5.25. The normalized spacial score (nSPS) is 24.5. The van der Waals surface area contributed by atoms with E-state index in [2.05, 4.69) is 33.2 Å². The van der Waals surface area contributed by atoms with E-state index in [1.54, 1.807) is 6.20 Å². The van der Waals surface area contributed by atoms with Crippen LogP contribution in [0.5, 0.6) is 0 Å². The number of pyridine rings is 2. The number of nitrogens with one attached hydrogen (secondary N) is 1. The monoisotopic (exact) mass is 336 g/mol. The Morgan fingerprint density at radius 3 is 2.80 bits per heavy atom. The van der Waals surface area contributed by atoms with Gasteiger partial charge in [0.25, 0.3) is 0 Å². The average molecular weight is 336 g/mol. The maximum absolute atomic E-state index is 12.6. The lowest BCUT2D eigenvalue weighted by Gasteiger charge is -2.29. The van der Waals surface area contributed by atoms with Gasteiger partial charge in [0.15, 0.2) is 0 Å². The van der Waals surface area contributed by atoms with Crippen LogP contribution >= 0.6 is 0 Å². The molecule has 1 aliphatic heterocycles. The minimum absolute atomic E-state index is 0.136. The summed E-state index contributed by atoms with van der Waals surface area (Å²) in [6.45, 7) is 2.92. The Morgan fingerprint density at radius 2 is 2.12 bits per heavy atom. The highest BCUT2D eigenvalue weighted by atomic mass is 16.2. The average Bonchev–Trinajstić information content (AvgIpc) is 3.44. The first-order chi connectivity index (χ1) is 12.2. The van der Waals surface area contributed by atoms with Crippen LogP contribution in [-0.4, -0.2) is 33.4 Å². The van der Waals surface area contributed by atoms with Gasteiger partial charge in [0.1, 0.15) is 0 Å². The fourth-order valence-electron chi connectivity index (χ4n) is 3.84. The quantitative estimate of drug-likeness (QED) is 0.881. The molecule has 25 heavy (non-hydrogen) atoms. The molecule has 1 N–H and O–H groups in total. The van der Waals surface area contributed by atoms with E-state index in [0.717, 1.165) is 30.6 Å². The number of likely N-dealkylation sites (tertiary alicyclic amines) is 1. The predicted octanol–water partition coefficient (Wildman–Crippen LogP) is 2.88. The lowest BCUT2D eigenvalue weighted by molar-refractivity contribution is -0.129. The molecule has 3 atom stereocenters. The van der Waals surface area contributed by atoms with Gasteiger partial charge >= 0.3 is 0 Å². The van der Waals surface area contributed by atoms with Crippen molar-refractivity contribution in [3.63, 3.8) is 0 Å². The number of hydrogen-bond donors (Lipinski definition) is 1. The zero-order valence-corrected chi connectivity index (χ0v) is 14.5. The Labute approximate surface area is 148 Å². The fourth-order valence-corrected chi connectivity index (χ4v) is 3.84. The molecular formula is C20H24N4O. The summed E-state index contributed by atoms with van der Waals surface area (Å²) in [5.74, 6) is 0.553. The molecule has 2 aromatic heterocycles. The summed E-state index contributed by atoms with van der Waals surface area (Å²) < 4.78 is 0. The van der Waals surface area contributed by atoms with Gasteiger partial charge in [0.05, 0.1) is 11.7 Å². The second kappa shape index (κ2) is 6.92. The Hall–Kier alpha value is -2.27. The van der Waals surface area contributed by atoms with Crippen molar-refractivity contribution < 1.29 is 4.79 Å². The van der Waals surface area contributed by atoms with Gasteiger partial charge in [-0.15, -0.1) is 0 Å². The van der Waals surface area contributed by atoms with Gasteiger partial charge in [-0.25, -0.2) is 0 Å². The van der Waals surface area contributed by atoms with Crippen LogP contribution in [0, 0.1) is 5.92 Å². The molecule has 2 aromatic rings. The van der Waals surface area contributed by atoms with Crippen molar-refractivity contribution in [2.45, 2.75) is 44.3 Å². The molecular weight excluding hydrogens is 312 g/mol. The third-order valence-electron chi connectivity index (χ3n) is 5.25. The fraction of sp³-hybridized carbons (Fsp3) is 0.450. The van der Waals surface area contributed by atoms with E-state index < -0.39 is 0 Å². The molecule has 1 aliphatic carbocycles. The molecule has 5 nitrogen and oxygen atoms in total. The van der Waals surface area contributed by atoms with Crippen molar-refractivity contribution in [1.29, 1.82) is 0 Å². The van der Waals surface area contributed by atoms with Crippen molar-refractivity contribution in [3.8, 4) is 0 Å². The number of carbonyl (C=O) groups excluding carboxylic acids is 1. The summed E-state index contributed by atoms with van der Waals surface area (Å²) in [7, 11) is 0. The topological polar surface area (TPSA) is 58.1 Å². The van der Waals surface area contributed by atoms with Crippen LogP contribution in [0.3, 0.4) is 0 Å². The number of carbonyl (C=O) groups is 1. The van der Waals surface area contributed by atoms with Crippen LogP contribution in [0.15, 0.2) is 48.9 Å². The molecule has 0 aromatic carbocycles. The van der Waals surface area contributed by atoms with Crippen molar-refractivity contribution >= 4 is 5.91 Å². The Bertz CT molecular complexity index is 717. The van der Waals surface area contributed by atoms with E-state index >= 15 is 0 Å². The van der Waals surface area contributed by atoms with Crippen LogP contribution in [0.4, 0.5) is 0 Å². The largest absolute Gasteiger partial charge is 0.332 e. The molecule has 1 unspecified atom stereocenters. The van der Waals surface area contributed by atoms with E-state index in [1.165, 1.54) is 0 Å². The molecule has 0 spiro atoms. The Morgan fingerprint density at radius 1 is 1.24 bits per heavy atom. The van der Waals surface area contributed by atoms with Crippen molar-refractivity contribution in [2.24, 2.45) is 5.92 Å². The summed E-state index contributed by atoms with van der Waals surface area (Å²) in [5.41, 5.74) is 2.18. The van der Waals surface area contributed by atoms with E-state index in [9.17, 15) is 4.79 Å². The first kappa shape index (κ1) is 16.2. The molecule has 0 bridgehead atoms. The summed E-state index contributed by atoms with van der Waals surface area (Å²) in [5, 5.41) is 3.58. The first-order valence-electron chi connectivity index (χ1n) is 9.09. The standard InChI is InChI=1S/C20H24N4O/c1-14(18-6-2-3-10-22-18)23-13-16-11-19(25)24(17-7-8-17)20(16)15-5-4-9-21-12-15/h2-6,9-10,12,14,16-17,20,23H,7-8,11,13H2,1H3/t14?,16-,20-/m0/s1. The summed E-state index contributed by atoms with van der Waals surface area (Å²) in [4.78, 5) is 23.4. The van der Waals surface area contributed by atoms with Gasteiger partial charge in [-0.1, -0.05) is 12.1 Å². The van der Waals surface area contributed by atoms with E-state index in [1.807, 2.05) is 36.7 Å². The van der Waals surface area contributed by atoms with Crippen LogP contribution in [-0.2, 0) is 4.79 Å². The van der Waals surface area contributed by atoms with Gasteiger partial charge < -0.3 is 10.2 Å². The molecule has 3 heterocycles. The number of rotatable bonds is 6. The minimum atomic E-state index is 0.136. The lowest BCUT2D eigenvalue weighted by Crippen LogP contribution is -2.34. The summed E-state index contributed by atoms with van der Waals surface area (Å²) in [6, 6.07) is 10.8. The van der Waals surface area contributed by atoms with Crippen molar-refractivity contribution in [3.05, 3.63) is 60.2 Å². The molecule has 1 saturated carbocycles. The predicted molar refractivity (Wildman–Crippen MR) is 95.6 cm³/mol. The maximum Gasteiger partial charge on any atom is 0.223 e. The Kier molecular flexibility index (Phi) is 4.49. The minimum Gasteiger partial charge on any atom is -0.332 e. The smallest absolute Gasteiger partial charge is 0.223 e. The molecule has 1 saturated heterocycles. The molecule has 0 radical (unpaired) electrons. The zero-order valence-electron chi connectivity index (χ0n) is 14.5. The van der Waals surface area contributed by atoms with Gasteiger partial charge in [0.2, 0.25) is 5.91 Å². The second-order valence-corrected chi connectivity index (χ2v) is 7.11. The second-order valence-electron chi connectivity index (χ2n) is 7.11. The van der Waals surface area contributed by atoms with Crippen molar-refractivity contribution in [2.75, 3.05) is 6.54 Å². The van der Waals surface area contributed by atoms with Crippen molar-refractivity contribution in [1.82, 2.24) is 20.2 Å². The number of amides is 1. The van der Waals surface area contributed by atoms with E-state index in [4.69, 9.17) is 0 Å². The van der Waals surface area contributed by atoms with Crippen LogP contribution < -0.4 is 5.32 Å². The van der Waals surface area contributed by atoms with E-state index in [0.29, 0.717) is 12.5 Å². The molecule has 2 aliphatic rings. The SMILES string of the molecule is CC(NC[C@@H]1CC(=O)N(C2CC2)[C@H]1c1cccnc1)c1ccccn1. The van der Waals surface area contributed by atoms with Crippen LogP contribution in [0.2, 0.25) is 0 Å². The molecule has 1 amide bonds. The van der Waals surface area contributed by atoms with E-state index in [-0.39, 0.29) is 23.9 Å². The molecule has 4 rings (SSSR count). The highest BCUT2D eigenvalue weighted by Gasteiger charge is 2.47. The summed E-state index contributed by atoms with van der Waals surface area (Å²) in [6.07, 6.45) is 8.39. The summed E-state index contributed by atoms with van der Waals surface area (Å²) >= 11 is 0. The number of aromatic nitrogens is 2. The van der Waals surface area contributed by atoms with Crippen LogP contribution in [0.1, 0.15) is 49.5 Å². The Balaban J connectivity index is 1.50. The van der Waals surface area contributed by atoms with Gasteiger partial charge in [-0.2, -0.15) is 0 Å². The number of hydrogen-bond acceptors (Lipinski definition) is 4. The first-order valence-corrected chi connectivity index (χ1v) is 9.09. The third kappa shape index (κ3) is 3.42. The maximum atomic E-state index is 12.6. The highest BCUT2D eigenvalue weighted by molar-refractivity contribution is 5.80. The molecule has 2 fully saturated rings. The van der Waals surface area contributed by atoms with Crippen LogP contribution in [0.25, 0.3) is 0 Å².